The second-order valence-electron chi connectivity index (χ2n) is 4.22. The molecule has 1 aliphatic heterocycles. The van der Waals surface area contributed by atoms with Gasteiger partial charge in [0.1, 0.15) is 6.54 Å². The van der Waals surface area contributed by atoms with Gasteiger partial charge in [0.2, 0.25) is 0 Å². The van der Waals surface area contributed by atoms with E-state index in [2.05, 4.69) is 22.5 Å². The molecule has 1 fully saturated rings. The molecule has 0 bridgehead atoms. The number of carboxylic acid groups (broad SMARTS) is 1. The third kappa shape index (κ3) is 2.72. The van der Waals surface area contributed by atoms with E-state index in [1.165, 1.54) is 23.1 Å². The SMILES string of the molecule is C=C(Br)CN1C(=O)CN(c2cccc(C(=O)O)c2)C1=O. The summed E-state index contributed by atoms with van der Waals surface area (Å²) in [5.41, 5.74) is 0.442. The molecule has 6 nitrogen and oxygen atoms in total. The summed E-state index contributed by atoms with van der Waals surface area (Å²) in [5, 5.41) is 8.94. The van der Waals surface area contributed by atoms with Gasteiger partial charge in [-0.3, -0.25) is 14.6 Å². The molecule has 0 aliphatic carbocycles. The van der Waals surface area contributed by atoms with Gasteiger partial charge < -0.3 is 5.11 Å². The van der Waals surface area contributed by atoms with Crippen molar-refractivity contribution < 1.29 is 19.5 Å². The number of benzene rings is 1. The topological polar surface area (TPSA) is 77.9 Å². The van der Waals surface area contributed by atoms with Crippen LogP contribution >= 0.6 is 15.9 Å². The zero-order valence-corrected chi connectivity index (χ0v) is 12.0. The van der Waals surface area contributed by atoms with Crippen LogP contribution in [0.25, 0.3) is 0 Å². The first-order valence-electron chi connectivity index (χ1n) is 5.68. The lowest BCUT2D eigenvalue weighted by Crippen LogP contribution is -2.33. The van der Waals surface area contributed by atoms with Crippen LogP contribution in [0.2, 0.25) is 0 Å². The quantitative estimate of drug-likeness (QED) is 0.852. The molecule has 1 heterocycles. The Bertz CT molecular complexity index is 614. The molecule has 7 heteroatoms. The molecule has 1 N–H and O–H groups in total. The Morgan fingerprint density at radius 2 is 2.10 bits per heavy atom. The highest BCUT2D eigenvalue weighted by Crippen LogP contribution is 2.23. The van der Waals surface area contributed by atoms with E-state index in [1.54, 1.807) is 6.07 Å². The van der Waals surface area contributed by atoms with Gasteiger partial charge in [0, 0.05) is 10.2 Å². The van der Waals surface area contributed by atoms with E-state index < -0.39 is 12.0 Å². The molecule has 1 aromatic rings. The van der Waals surface area contributed by atoms with Crippen LogP contribution in [0.5, 0.6) is 0 Å². The van der Waals surface area contributed by atoms with E-state index in [0.29, 0.717) is 10.2 Å². The van der Waals surface area contributed by atoms with Gasteiger partial charge in [-0.15, -0.1) is 0 Å². The Morgan fingerprint density at radius 3 is 2.70 bits per heavy atom. The highest BCUT2D eigenvalue weighted by atomic mass is 79.9. The predicted octanol–water partition coefficient (Wildman–Crippen LogP) is 2.06. The van der Waals surface area contributed by atoms with Gasteiger partial charge in [0.15, 0.2) is 0 Å². The lowest BCUT2D eigenvalue weighted by atomic mass is 10.2. The summed E-state index contributed by atoms with van der Waals surface area (Å²) in [4.78, 5) is 37.2. The van der Waals surface area contributed by atoms with Gasteiger partial charge in [0.25, 0.3) is 5.91 Å². The van der Waals surface area contributed by atoms with Crippen molar-refractivity contribution >= 4 is 39.5 Å². The summed E-state index contributed by atoms with van der Waals surface area (Å²) in [5.74, 6) is -1.44. The molecule has 1 aromatic carbocycles. The second-order valence-corrected chi connectivity index (χ2v) is 5.34. The Morgan fingerprint density at radius 1 is 1.40 bits per heavy atom. The van der Waals surface area contributed by atoms with Gasteiger partial charge in [-0.05, 0) is 18.2 Å². The summed E-state index contributed by atoms with van der Waals surface area (Å²) in [6, 6.07) is 5.41. The number of carbonyl (C=O) groups excluding carboxylic acids is 2. The highest BCUT2D eigenvalue weighted by Gasteiger charge is 2.36. The van der Waals surface area contributed by atoms with Gasteiger partial charge in [-0.1, -0.05) is 28.6 Å². The van der Waals surface area contributed by atoms with Crippen LogP contribution in [0.1, 0.15) is 10.4 Å². The number of anilines is 1. The van der Waals surface area contributed by atoms with Crippen molar-refractivity contribution in [3.8, 4) is 0 Å². The van der Waals surface area contributed by atoms with Crippen molar-refractivity contribution in [1.29, 1.82) is 0 Å². The first-order valence-corrected chi connectivity index (χ1v) is 6.48. The minimum absolute atomic E-state index is 0.0612. The van der Waals surface area contributed by atoms with Crippen LogP contribution in [0, 0.1) is 0 Å². The molecular weight excluding hydrogens is 328 g/mol. The lowest BCUT2D eigenvalue weighted by molar-refractivity contribution is -0.124. The summed E-state index contributed by atoms with van der Waals surface area (Å²) in [7, 11) is 0. The number of urea groups is 1. The Kier molecular flexibility index (Phi) is 3.89. The highest BCUT2D eigenvalue weighted by molar-refractivity contribution is 9.11. The number of carboxylic acids is 1. The number of halogens is 1. The number of nitrogens with zero attached hydrogens (tertiary/aromatic N) is 2. The minimum atomic E-state index is -1.09. The molecule has 0 atom stereocenters. The molecule has 0 radical (unpaired) electrons. The van der Waals surface area contributed by atoms with Crippen LogP contribution in [-0.2, 0) is 4.79 Å². The molecule has 2 rings (SSSR count). The number of hydrogen-bond donors (Lipinski definition) is 1. The van der Waals surface area contributed by atoms with E-state index >= 15 is 0 Å². The van der Waals surface area contributed by atoms with Crippen molar-refractivity contribution in [2.45, 2.75) is 0 Å². The molecule has 0 aromatic heterocycles. The van der Waals surface area contributed by atoms with E-state index in [0.717, 1.165) is 4.90 Å². The van der Waals surface area contributed by atoms with Crippen LogP contribution in [0.15, 0.2) is 35.3 Å². The molecule has 1 saturated heterocycles. The Hall–Kier alpha value is -2.15. The largest absolute Gasteiger partial charge is 0.478 e. The fourth-order valence-electron chi connectivity index (χ4n) is 1.88. The number of imide groups is 1. The molecule has 3 amide bonds. The van der Waals surface area contributed by atoms with Gasteiger partial charge in [0.05, 0.1) is 12.1 Å². The van der Waals surface area contributed by atoms with Gasteiger partial charge >= 0.3 is 12.0 Å². The van der Waals surface area contributed by atoms with E-state index in [-0.39, 0.29) is 24.6 Å². The third-order valence-electron chi connectivity index (χ3n) is 2.79. The van der Waals surface area contributed by atoms with Gasteiger partial charge in [-0.2, -0.15) is 0 Å². The normalized spacial score (nSPS) is 14.8. The maximum atomic E-state index is 12.2. The van der Waals surface area contributed by atoms with E-state index in [1.807, 2.05) is 0 Å². The van der Waals surface area contributed by atoms with Crippen LogP contribution < -0.4 is 4.90 Å². The molecule has 0 saturated carbocycles. The fourth-order valence-corrected chi connectivity index (χ4v) is 2.13. The monoisotopic (exact) mass is 338 g/mol. The van der Waals surface area contributed by atoms with Crippen LogP contribution in [-0.4, -0.2) is 41.0 Å². The Balaban J connectivity index is 2.28. The third-order valence-corrected chi connectivity index (χ3v) is 3.04. The first-order chi connectivity index (χ1) is 9.40. The van der Waals surface area contributed by atoms with E-state index in [9.17, 15) is 14.4 Å². The van der Waals surface area contributed by atoms with Crippen molar-refractivity contribution in [2.75, 3.05) is 18.0 Å². The van der Waals surface area contributed by atoms with Crippen molar-refractivity contribution in [2.24, 2.45) is 0 Å². The van der Waals surface area contributed by atoms with Crippen molar-refractivity contribution in [3.63, 3.8) is 0 Å². The van der Waals surface area contributed by atoms with Crippen molar-refractivity contribution in [1.82, 2.24) is 4.90 Å². The zero-order valence-electron chi connectivity index (χ0n) is 10.4. The molecular formula is C13H11BrN2O4. The summed E-state index contributed by atoms with van der Waals surface area (Å²) < 4.78 is 0.514. The minimum Gasteiger partial charge on any atom is -0.478 e. The molecule has 1 aliphatic rings. The van der Waals surface area contributed by atoms with Crippen molar-refractivity contribution in [3.05, 3.63) is 40.9 Å². The maximum Gasteiger partial charge on any atom is 0.335 e. The number of hydrogen-bond acceptors (Lipinski definition) is 3. The number of carbonyl (C=O) groups is 3. The number of rotatable bonds is 4. The summed E-state index contributed by atoms with van der Waals surface area (Å²) in [6.07, 6.45) is 0. The fraction of sp³-hybridized carbons (Fsp3) is 0.154. The summed E-state index contributed by atoms with van der Waals surface area (Å²) >= 11 is 3.11. The average Bonchev–Trinajstić information content (AvgIpc) is 2.66. The van der Waals surface area contributed by atoms with Gasteiger partial charge in [-0.25, -0.2) is 9.59 Å². The predicted molar refractivity (Wildman–Crippen MR) is 75.9 cm³/mol. The molecule has 20 heavy (non-hydrogen) atoms. The average molecular weight is 339 g/mol. The van der Waals surface area contributed by atoms with E-state index in [4.69, 9.17) is 5.11 Å². The second kappa shape index (κ2) is 5.46. The standard InChI is InChI=1S/C13H11BrN2O4/c1-8(14)6-16-11(17)7-15(13(16)20)10-4-2-3-9(5-10)12(18)19/h2-5H,1,6-7H2,(H,18,19). The Labute approximate surface area is 123 Å². The number of amides is 3. The smallest absolute Gasteiger partial charge is 0.335 e. The molecule has 104 valence electrons. The van der Waals surface area contributed by atoms with Crippen LogP contribution in [0.4, 0.5) is 10.5 Å². The summed E-state index contributed by atoms with van der Waals surface area (Å²) in [6.45, 7) is 3.58. The maximum absolute atomic E-state index is 12.2. The molecule has 0 unspecified atom stereocenters. The number of aromatic carboxylic acids is 1. The molecule has 0 spiro atoms. The van der Waals surface area contributed by atoms with Crippen LogP contribution in [0.3, 0.4) is 0 Å². The first kappa shape index (κ1) is 14.3. The zero-order chi connectivity index (χ0) is 14.9. The lowest BCUT2D eigenvalue weighted by Gasteiger charge is -2.17.